The summed E-state index contributed by atoms with van der Waals surface area (Å²) in [6.07, 6.45) is 1.14. The summed E-state index contributed by atoms with van der Waals surface area (Å²) in [5, 5.41) is 18.8. The van der Waals surface area contributed by atoms with Gasteiger partial charge >= 0.3 is 6.03 Å². The van der Waals surface area contributed by atoms with Crippen LogP contribution in [0.2, 0.25) is 0 Å². The Morgan fingerprint density at radius 1 is 1.16 bits per heavy atom. The first-order chi connectivity index (χ1) is 11.8. The molecule has 0 saturated heterocycles. The molecule has 0 aromatic heterocycles. The summed E-state index contributed by atoms with van der Waals surface area (Å²) in [5.41, 5.74) is 1.10. The largest absolute Gasteiger partial charge is 0.491 e. The van der Waals surface area contributed by atoms with Crippen molar-refractivity contribution in [2.24, 2.45) is 0 Å². The number of hydrogen-bond donors (Lipinski definition) is 4. The highest BCUT2D eigenvalue weighted by Gasteiger charge is 2.12. The molecule has 0 aliphatic heterocycles. The molecule has 0 aliphatic carbocycles. The minimum Gasteiger partial charge on any atom is -0.491 e. The Bertz CT molecular complexity index is 498. The summed E-state index contributed by atoms with van der Waals surface area (Å²) < 4.78 is 5.61. The van der Waals surface area contributed by atoms with E-state index in [1.165, 1.54) is 0 Å². The van der Waals surface area contributed by atoms with Crippen molar-refractivity contribution in [3.63, 3.8) is 0 Å². The number of rotatable bonds is 10. The van der Waals surface area contributed by atoms with Gasteiger partial charge in [0, 0.05) is 25.2 Å². The van der Waals surface area contributed by atoms with Crippen LogP contribution in [0.15, 0.2) is 24.3 Å². The second-order valence-corrected chi connectivity index (χ2v) is 7.17. The maximum atomic E-state index is 11.4. The molecule has 6 nitrogen and oxygen atoms in total. The average Bonchev–Trinajstić information content (AvgIpc) is 2.56. The molecule has 1 aromatic rings. The van der Waals surface area contributed by atoms with E-state index in [1.807, 2.05) is 31.2 Å². The first kappa shape index (κ1) is 21.3. The molecule has 2 amide bonds. The molecular weight excluding hydrogens is 318 g/mol. The van der Waals surface area contributed by atoms with E-state index in [2.05, 4.69) is 36.7 Å². The molecule has 1 atom stereocenters. The van der Waals surface area contributed by atoms with Crippen molar-refractivity contribution in [2.75, 3.05) is 26.2 Å². The summed E-state index contributed by atoms with van der Waals surface area (Å²) in [4.78, 5) is 11.4. The van der Waals surface area contributed by atoms with Crippen LogP contribution in [0.1, 0.15) is 39.7 Å². The van der Waals surface area contributed by atoms with Crippen molar-refractivity contribution in [1.82, 2.24) is 16.0 Å². The van der Waals surface area contributed by atoms with Crippen LogP contribution in [0.25, 0.3) is 0 Å². The predicted octanol–water partition coefficient (Wildman–Crippen LogP) is 2.07. The van der Waals surface area contributed by atoms with Crippen LogP contribution in [0.4, 0.5) is 4.79 Å². The fraction of sp³-hybridized carbons (Fsp3) is 0.632. The van der Waals surface area contributed by atoms with Crippen LogP contribution in [-0.4, -0.2) is 49.0 Å². The number of carbonyl (C=O) groups is 1. The lowest BCUT2D eigenvalue weighted by molar-refractivity contribution is 0.100. The molecule has 0 bridgehead atoms. The van der Waals surface area contributed by atoms with Gasteiger partial charge in [-0.1, -0.05) is 19.1 Å². The first-order valence-electron chi connectivity index (χ1n) is 8.96. The normalized spacial score (nSPS) is 12.5. The fourth-order valence-electron chi connectivity index (χ4n) is 2.05. The lowest BCUT2D eigenvalue weighted by Crippen LogP contribution is -2.42. The summed E-state index contributed by atoms with van der Waals surface area (Å²) in [6.45, 7) is 10.2. The Hall–Kier alpha value is -1.79. The van der Waals surface area contributed by atoms with Crippen LogP contribution in [0.5, 0.6) is 5.75 Å². The number of amides is 2. The number of urea groups is 1. The molecule has 0 aliphatic rings. The molecule has 4 N–H and O–H groups in total. The van der Waals surface area contributed by atoms with Gasteiger partial charge in [0.05, 0.1) is 0 Å². The van der Waals surface area contributed by atoms with Gasteiger partial charge < -0.3 is 25.8 Å². The van der Waals surface area contributed by atoms with Gasteiger partial charge in [-0.05, 0) is 51.3 Å². The van der Waals surface area contributed by atoms with Crippen LogP contribution < -0.4 is 20.7 Å². The van der Waals surface area contributed by atoms with Crippen molar-refractivity contribution in [1.29, 1.82) is 0 Å². The van der Waals surface area contributed by atoms with E-state index in [9.17, 15) is 9.90 Å². The molecule has 25 heavy (non-hydrogen) atoms. The van der Waals surface area contributed by atoms with Crippen LogP contribution in [-0.2, 0) is 6.42 Å². The number of β-amino-alcohol motifs (C(OH)–C–C–N with tert-alkyl or cyclic N) is 1. The van der Waals surface area contributed by atoms with Gasteiger partial charge in [-0.25, -0.2) is 4.79 Å². The molecule has 0 saturated carbocycles. The van der Waals surface area contributed by atoms with E-state index in [0.717, 1.165) is 24.2 Å². The Morgan fingerprint density at radius 2 is 1.80 bits per heavy atom. The number of aliphatic hydroxyl groups excluding tert-OH is 1. The lowest BCUT2D eigenvalue weighted by atomic mass is 10.1. The Morgan fingerprint density at radius 3 is 2.40 bits per heavy atom. The molecule has 6 heteroatoms. The van der Waals surface area contributed by atoms with E-state index >= 15 is 0 Å². The van der Waals surface area contributed by atoms with E-state index in [4.69, 9.17) is 4.74 Å². The van der Waals surface area contributed by atoms with E-state index in [0.29, 0.717) is 19.6 Å². The minimum atomic E-state index is -0.551. The third-order valence-corrected chi connectivity index (χ3v) is 3.47. The van der Waals surface area contributed by atoms with E-state index < -0.39 is 6.10 Å². The van der Waals surface area contributed by atoms with Gasteiger partial charge in [0.1, 0.15) is 18.5 Å². The van der Waals surface area contributed by atoms with Gasteiger partial charge in [0.15, 0.2) is 0 Å². The highest BCUT2D eigenvalue weighted by Crippen LogP contribution is 2.13. The molecule has 0 heterocycles. The van der Waals surface area contributed by atoms with Crippen molar-refractivity contribution in [3.8, 4) is 5.75 Å². The highest BCUT2D eigenvalue weighted by molar-refractivity contribution is 5.73. The Balaban J connectivity index is 2.26. The molecule has 0 spiro atoms. The molecular formula is C19H33N3O3. The molecule has 1 aromatic carbocycles. The maximum absolute atomic E-state index is 11.4. The van der Waals surface area contributed by atoms with E-state index in [-0.39, 0.29) is 18.2 Å². The number of carbonyl (C=O) groups excluding carboxylic acids is 1. The van der Waals surface area contributed by atoms with Gasteiger partial charge in [-0.2, -0.15) is 0 Å². The molecule has 0 radical (unpaired) electrons. The molecule has 142 valence electrons. The molecule has 1 unspecified atom stereocenters. The van der Waals surface area contributed by atoms with Crippen LogP contribution in [0.3, 0.4) is 0 Å². The standard InChI is InChI=1S/C19H33N3O3/c1-5-11-20-18(24)21-12-10-15-6-8-17(9-7-15)25-14-16(23)13-22-19(2,3)4/h6-9,16,22-23H,5,10-14H2,1-4H3,(H2,20,21,24). The van der Waals surface area contributed by atoms with Gasteiger partial charge in [-0.15, -0.1) is 0 Å². The topological polar surface area (TPSA) is 82.6 Å². The quantitative estimate of drug-likeness (QED) is 0.520. The number of nitrogens with one attached hydrogen (secondary N) is 3. The maximum Gasteiger partial charge on any atom is 0.314 e. The predicted molar refractivity (Wildman–Crippen MR) is 101 cm³/mol. The van der Waals surface area contributed by atoms with Gasteiger partial charge in [0.25, 0.3) is 0 Å². The molecule has 1 rings (SSSR count). The number of ether oxygens (including phenoxy) is 1. The fourth-order valence-corrected chi connectivity index (χ4v) is 2.05. The number of hydrogen-bond acceptors (Lipinski definition) is 4. The SMILES string of the molecule is CCCNC(=O)NCCc1ccc(OCC(O)CNC(C)(C)C)cc1. The lowest BCUT2D eigenvalue weighted by Gasteiger charge is -2.23. The van der Waals surface area contributed by atoms with Crippen molar-refractivity contribution < 1.29 is 14.6 Å². The zero-order chi connectivity index (χ0) is 18.7. The van der Waals surface area contributed by atoms with Crippen molar-refractivity contribution in [3.05, 3.63) is 29.8 Å². The van der Waals surface area contributed by atoms with Crippen molar-refractivity contribution in [2.45, 2.75) is 52.2 Å². The summed E-state index contributed by atoms with van der Waals surface area (Å²) >= 11 is 0. The molecule has 0 fully saturated rings. The first-order valence-corrected chi connectivity index (χ1v) is 8.96. The average molecular weight is 351 g/mol. The summed E-state index contributed by atoms with van der Waals surface area (Å²) in [7, 11) is 0. The third kappa shape index (κ3) is 10.6. The summed E-state index contributed by atoms with van der Waals surface area (Å²) in [5.74, 6) is 0.729. The highest BCUT2D eigenvalue weighted by atomic mass is 16.5. The Labute approximate surface area is 151 Å². The Kier molecular flexibility index (Phi) is 9.31. The van der Waals surface area contributed by atoms with E-state index in [1.54, 1.807) is 0 Å². The smallest absolute Gasteiger partial charge is 0.314 e. The number of benzene rings is 1. The van der Waals surface area contributed by atoms with Crippen LogP contribution >= 0.6 is 0 Å². The second-order valence-electron chi connectivity index (χ2n) is 7.17. The second kappa shape index (κ2) is 10.9. The zero-order valence-electron chi connectivity index (χ0n) is 15.9. The number of aliphatic hydroxyl groups is 1. The third-order valence-electron chi connectivity index (χ3n) is 3.47. The minimum absolute atomic E-state index is 0.0237. The zero-order valence-corrected chi connectivity index (χ0v) is 15.9. The van der Waals surface area contributed by atoms with Gasteiger partial charge in [-0.3, -0.25) is 0 Å². The monoisotopic (exact) mass is 351 g/mol. The van der Waals surface area contributed by atoms with Gasteiger partial charge in [0.2, 0.25) is 0 Å². The van der Waals surface area contributed by atoms with Crippen LogP contribution in [0, 0.1) is 0 Å². The summed E-state index contributed by atoms with van der Waals surface area (Å²) in [6, 6.07) is 7.59. The van der Waals surface area contributed by atoms with Crippen molar-refractivity contribution >= 4 is 6.03 Å².